The molecule has 0 fully saturated rings. The maximum Gasteiger partial charge on any atom is 0.142 e. The zero-order valence-electron chi connectivity index (χ0n) is 11.4. The molecule has 5 nitrogen and oxygen atoms in total. The fourth-order valence-electron chi connectivity index (χ4n) is 1.73. The van der Waals surface area contributed by atoms with E-state index in [1.54, 1.807) is 17.1 Å². The van der Waals surface area contributed by atoms with Gasteiger partial charge in [-0.2, -0.15) is 5.10 Å². The second kappa shape index (κ2) is 8.12. The van der Waals surface area contributed by atoms with Gasteiger partial charge in [-0.1, -0.05) is 23.7 Å². The molecule has 0 saturated carbocycles. The summed E-state index contributed by atoms with van der Waals surface area (Å²) in [6.45, 7) is 1.44. The molecule has 1 heterocycles. The molecule has 0 aliphatic carbocycles. The predicted molar refractivity (Wildman–Crippen MR) is 84.4 cm³/mol. The van der Waals surface area contributed by atoms with E-state index in [1.807, 2.05) is 24.3 Å². The van der Waals surface area contributed by atoms with Gasteiger partial charge in [0.25, 0.3) is 0 Å². The quantitative estimate of drug-likeness (QED) is 0.731. The summed E-state index contributed by atoms with van der Waals surface area (Å²) in [5.41, 5.74) is 0.820. The normalized spacial score (nSPS) is 12.1. The minimum atomic E-state index is -0.592. The molecule has 0 saturated heterocycles. The molecule has 0 amide bonds. The molecule has 1 aromatic carbocycles. The van der Waals surface area contributed by atoms with Crippen LogP contribution in [0.4, 0.5) is 5.69 Å². The summed E-state index contributed by atoms with van der Waals surface area (Å²) in [6.07, 6.45) is 2.74. The van der Waals surface area contributed by atoms with Crippen LogP contribution in [0, 0.1) is 0 Å². The number of aliphatic hydroxyl groups is 1. The van der Waals surface area contributed by atoms with E-state index in [0.29, 0.717) is 24.7 Å². The van der Waals surface area contributed by atoms with Crippen LogP contribution in [0.25, 0.3) is 0 Å². The molecule has 0 aliphatic heterocycles. The Morgan fingerprint density at radius 2 is 2.19 bits per heavy atom. The first-order valence-electron chi connectivity index (χ1n) is 6.56. The smallest absolute Gasteiger partial charge is 0.142 e. The molecule has 1 unspecified atom stereocenters. The Kier molecular flexibility index (Phi) is 6.17. The lowest BCUT2D eigenvalue weighted by atomic mass is 10.3. The van der Waals surface area contributed by atoms with Gasteiger partial charge in [-0.05, 0) is 12.1 Å². The van der Waals surface area contributed by atoms with E-state index in [0.717, 1.165) is 11.4 Å². The van der Waals surface area contributed by atoms with Gasteiger partial charge >= 0.3 is 0 Å². The minimum Gasteiger partial charge on any atom is -0.489 e. The number of alkyl halides is 1. The second-order valence-electron chi connectivity index (χ2n) is 4.46. The third kappa shape index (κ3) is 5.12. The van der Waals surface area contributed by atoms with Gasteiger partial charge in [-0.3, -0.25) is 4.68 Å². The van der Waals surface area contributed by atoms with E-state index in [9.17, 15) is 5.11 Å². The molecule has 0 radical (unpaired) electrons. The Morgan fingerprint density at radius 1 is 1.38 bits per heavy atom. The summed E-state index contributed by atoms with van der Waals surface area (Å²) in [4.78, 5) is 0. The first kappa shape index (κ1) is 15.9. The summed E-state index contributed by atoms with van der Waals surface area (Å²) in [6, 6.07) is 7.55. The van der Waals surface area contributed by atoms with Crippen LogP contribution in [-0.4, -0.2) is 40.0 Å². The van der Waals surface area contributed by atoms with Crippen molar-refractivity contribution in [3.05, 3.63) is 41.7 Å². The van der Waals surface area contributed by atoms with Crippen LogP contribution < -0.4 is 10.1 Å². The van der Waals surface area contributed by atoms with Crippen LogP contribution >= 0.6 is 23.2 Å². The molecule has 2 rings (SSSR count). The zero-order valence-corrected chi connectivity index (χ0v) is 12.9. The van der Waals surface area contributed by atoms with Gasteiger partial charge in [0.15, 0.2) is 0 Å². The molecule has 114 valence electrons. The average molecular weight is 330 g/mol. The number of aromatic nitrogens is 2. The van der Waals surface area contributed by atoms with E-state index in [2.05, 4.69) is 10.4 Å². The largest absolute Gasteiger partial charge is 0.489 e. The van der Waals surface area contributed by atoms with Crippen LogP contribution in [0.15, 0.2) is 36.7 Å². The Morgan fingerprint density at radius 3 is 2.90 bits per heavy atom. The number of anilines is 1. The van der Waals surface area contributed by atoms with Crippen molar-refractivity contribution >= 4 is 28.9 Å². The van der Waals surface area contributed by atoms with Crippen LogP contribution in [0.3, 0.4) is 0 Å². The van der Waals surface area contributed by atoms with Crippen molar-refractivity contribution in [2.24, 2.45) is 0 Å². The van der Waals surface area contributed by atoms with Gasteiger partial charge in [0, 0.05) is 12.7 Å². The SMILES string of the molecule is OC(CCl)CNc1ccccc1OCCn1cc(Cl)cn1. The van der Waals surface area contributed by atoms with Gasteiger partial charge in [0.1, 0.15) is 12.4 Å². The monoisotopic (exact) mass is 329 g/mol. The van der Waals surface area contributed by atoms with E-state index >= 15 is 0 Å². The fraction of sp³-hybridized carbons (Fsp3) is 0.357. The Labute approximate surface area is 133 Å². The molecule has 7 heteroatoms. The molecule has 2 aromatic rings. The highest BCUT2D eigenvalue weighted by Gasteiger charge is 2.06. The summed E-state index contributed by atoms with van der Waals surface area (Å²) in [5, 5.41) is 17.3. The molecule has 0 bridgehead atoms. The Balaban J connectivity index is 1.87. The standard InChI is InChI=1S/C14H17Cl2N3O2/c15-7-12(20)9-17-13-3-1-2-4-14(13)21-6-5-19-10-11(16)8-18-19/h1-4,8,10,12,17,20H,5-7,9H2. The molecule has 2 N–H and O–H groups in total. The molecule has 0 aliphatic rings. The number of hydrogen-bond donors (Lipinski definition) is 2. The third-order valence-electron chi connectivity index (χ3n) is 2.77. The van der Waals surface area contributed by atoms with Crippen molar-refractivity contribution in [3.8, 4) is 5.75 Å². The van der Waals surface area contributed by atoms with Gasteiger partial charge in [-0.15, -0.1) is 11.6 Å². The van der Waals surface area contributed by atoms with Gasteiger partial charge < -0.3 is 15.2 Å². The van der Waals surface area contributed by atoms with Crippen LogP contribution in [-0.2, 0) is 6.54 Å². The van der Waals surface area contributed by atoms with E-state index in [1.165, 1.54) is 0 Å². The first-order chi connectivity index (χ1) is 10.2. The van der Waals surface area contributed by atoms with E-state index in [-0.39, 0.29) is 5.88 Å². The molecule has 1 aromatic heterocycles. The molecular formula is C14H17Cl2N3O2. The van der Waals surface area contributed by atoms with Gasteiger partial charge in [-0.25, -0.2) is 0 Å². The van der Waals surface area contributed by atoms with E-state index < -0.39 is 6.10 Å². The number of nitrogens with one attached hydrogen (secondary N) is 1. The topological polar surface area (TPSA) is 59.3 Å². The summed E-state index contributed by atoms with van der Waals surface area (Å²) < 4.78 is 7.45. The van der Waals surface area contributed by atoms with Crippen molar-refractivity contribution in [3.63, 3.8) is 0 Å². The van der Waals surface area contributed by atoms with Gasteiger partial charge in [0.05, 0.1) is 35.4 Å². The third-order valence-corrected chi connectivity index (χ3v) is 3.32. The second-order valence-corrected chi connectivity index (χ2v) is 5.20. The number of nitrogens with zero attached hydrogens (tertiary/aromatic N) is 2. The molecular weight excluding hydrogens is 313 g/mol. The lowest BCUT2D eigenvalue weighted by Crippen LogP contribution is -2.21. The highest BCUT2D eigenvalue weighted by atomic mass is 35.5. The van der Waals surface area contributed by atoms with Crippen LogP contribution in [0.5, 0.6) is 5.75 Å². The number of para-hydroxylation sites is 2. The van der Waals surface area contributed by atoms with Crippen molar-refractivity contribution in [2.75, 3.05) is 24.3 Å². The molecule has 0 spiro atoms. The van der Waals surface area contributed by atoms with Crippen LogP contribution in [0.1, 0.15) is 0 Å². The average Bonchev–Trinajstić information content (AvgIpc) is 2.91. The fourth-order valence-corrected chi connectivity index (χ4v) is 2.00. The summed E-state index contributed by atoms with van der Waals surface area (Å²) in [7, 11) is 0. The van der Waals surface area contributed by atoms with Crippen LogP contribution in [0.2, 0.25) is 5.02 Å². The number of rotatable bonds is 8. The Hall–Kier alpha value is -1.43. The van der Waals surface area contributed by atoms with Crippen molar-refractivity contribution in [1.29, 1.82) is 0 Å². The number of ether oxygens (including phenoxy) is 1. The molecule has 1 atom stereocenters. The number of benzene rings is 1. The number of aliphatic hydroxyl groups excluding tert-OH is 1. The lowest BCUT2D eigenvalue weighted by Gasteiger charge is -2.14. The number of hydrogen-bond acceptors (Lipinski definition) is 4. The molecule has 21 heavy (non-hydrogen) atoms. The maximum atomic E-state index is 9.48. The first-order valence-corrected chi connectivity index (χ1v) is 7.48. The lowest BCUT2D eigenvalue weighted by molar-refractivity contribution is 0.211. The van der Waals surface area contributed by atoms with Gasteiger partial charge in [0.2, 0.25) is 0 Å². The number of halogens is 2. The van der Waals surface area contributed by atoms with E-state index in [4.69, 9.17) is 27.9 Å². The minimum absolute atomic E-state index is 0.191. The predicted octanol–water partition coefficient (Wildman–Crippen LogP) is 2.63. The maximum absolute atomic E-state index is 9.48. The Bertz CT molecular complexity index is 563. The van der Waals surface area contributed by atoms with Crippen molar-refractivity contribution in [1.82, 2.24) is 9.78 Å². The van der Waals surface area contributed by atoms with Crippen molar-refractivity contribution < 1.29 is 9.84 Å². The summed E-state index contributed by atoms with van der Waals surface area (Å²) in [5.74, 6) is 0.910. The zero-order chi connectivity index (χ0) is 15.1. The van der Waals surface area contributed by atoms with Crippen molar-refractivity contribution in [2.45, 2.75) is 12.6 Å². The summed E-state index contributed by atoms with van der Waals surface area (Å²) >= 11 is 11.4. The highest BCUT2D eigenvalue weighted by molar-refractivity contribution is 6.30. The highest BCUT2D eigenvalue weighted by Crippen LogP contribution is 2.23.